The Bertz CT molecular complexity index is 560. The molecule has 1 unspecified atom stereocenters. The number of benzene rings is 1. The minimum atomic E-state index is 0.209. The lowest BCUT2D eigenvalue weighted by molar-refractivity contribution is 0.368. The first-order valence-electron chi connectivity index (χ1n) is 5.69. The van der Waals surface area contributed by atoms with Crippen LogP contribution in [0.3, 0.4) is 0 Å². The predicted octanol–water partition coefficient (Wildman–Crippen LogP) is 2.96. The fourth-order valence-corrected chi connectivity index (χ4v) is 2.03. The molecule has 88 valence electrons. The molecule has 3 rings (SSSR count). The Kier molecular flexibility index (Phi) is 2.02. The molecule has 2 aromatic rings. The number of phenols is 1. The van der Waals surface area contributed by atoms with Crippen LogP contribution in [0.5, 0.6) is 5.75 Å². The largest absolute Gasteiger partial charge is 0.508 e. The summed E-state index contributed by atoms with van der Waals surface area (Å²) < 4.78 is 5.28. The molecule has 0 radical (unpaired) electrons. The summed E-state index contributed by atoms with van der Waals surface area (Å²) in [6.45, 7) is 4.38. The van der Waals surface area contributed by atoms with Gasteiger partial charge in [-0.1, -0.05) is 31.1 Å². The van der Waals surface area contributed by atoms with Crippen LogP contribution >= 0.6 is 0 Å². The van der Waals surface area contributed by atoms with Crippen LogP contribution in [0.4, 0.5) is 0 Å². The first kappa shape index (κ1) is 10.3. The molecule has 1 aromatic heterocycles. The third-order valence-electron chi connectivity index (χ3n) is 3.36. The Balaban J connectivity index is 1.91. The van der Waals surface area contributed by atoms with Gasteiger partial charge in [-0.3, -0.25) is 0 Å². The van der Waals surface area contributed by atoms with Crippen molar-refractivity contribution >= 4 is 0 Å². The molecule has 1 aromatic carbocycles. The van der Waals surface area contributed by atoms with Gasteiger partial charge >= 0.3 is 0 Å². The Morgan fingerprint density at radius 3 is 2.82 bits per heavy atom. The topological polar surface area (TPSA) is 59.2 Å². The van der Waals surface area contributed by atoms with Crippen molar-refractivity contribution in [1.29, 1.82) is 0 Å². The van der Waals surface area contributed by atoms with E-state index in [9.17, 15) is 5.11 Å². The molecule has 4 nitrogen and oxygen atoms in total. The molecule has 4 heteroatoms. The zero-order valence-electron chi connectivity index (χ0n) is 9.84. The molecule has 1 saturated carbocycles. The lowest BCUT2D eigenvalue weighted by atomic mass is 10.1. The third-order valence-corrected chi connectivity index (χ3v) is 3.36. The van der Waals surface area contributed by atoms with Crippen LogP contribution in [-0.4, -0.2) is 15.2 Å². The van der Waals surface area contributed by atoms with Crippen LogP contribution in [0.25, 0.3) is 11.4 Å². The molecular weight excluding hydrogens is 216 g/mol. The number of hydrogen-bond acceptors (Lipinski definition) is 4. The molecule has 17 heavy (non-hydrogen) atoms. The van der Waals surface area contributed by atoms with Gasteiger partial charge in [0.2, 0.25) is 11.7 Å². The fraction of sp³-hybridized carbons (Fsp3) is 0.385. The van der Waals surface area contributed by atoms with E-state index in [-0.39, 0.29) is 11.2 Å². The molecular formula is C13H14N2O2. The summed E-state index contributed by atoms with van der Waals surface area (Å²) >= 11 is 0. The van der Waals surface area contributed by atoms with Gasteiger partial charge in [0.1, 0.15) is 5.75 Å². The van der Waals surface area contributed by atoms with E-state index in [0.29, 0.717) is 17.6 Å². The smallest absolute Gasteiger partial charge is 0.230 e. The van der Waals surface area contributed by atoms with Gasteiger partial charge in [0.15, 0.2) is 0 Å². The molecule has 0 aliphatic heterocycles. The van der Waals surface area contributed by atoms with Gasteiger partial charge in [0, 0.05) is 11.5 Å². The maximum absolute atomic E-state index is 9.40. The predicted molar refractivity (Wildman–Crippen MR) is 62.5 cm³/mol. The van der Waals surface area contributed by atoms with Crippen LogP contribution in [-0.2, 0) is 0 Å². The van der Waals surface area contributed by atoms with E-state index < -0.39 is 0 Å². The zero-order chi connectivity index (χ0) is 12.0. The summed E-state index contributed by atoms with van der Waals surface area (Å²) in [6, 6.07) is 6.87. The van der Waals surface area contributed by atoms with E-state index >= 15 is 0 Å². The summed E-state index contributed by atoms with van der Waals surface area (Å²) in [5.41, 5.74) is 1.06. The molecule has 1 heterocycles. The molecule has 1 fully saturated rings. The minimum Gasteiger partial charge on any atom is -0.508 e. The van der Waals surface area contributed by atoms with Gasteiger partial charge in [-0.05, 0) is 24.0 Å². The number of phenolic OH excluding ortho intramolecular Hbond substituents is 1. The van der Waals surface area contributed by atoms with Crippen molar-refractivity contribution in [1.82, 2.24) is 10.1 Å². The highest BCUT2D eigenvalue weighted by molar-refractivity contribution is 5.56. The zero-order valence-corrected chi connectivity index (χ0v) is 9.84. The molecule has 1 aliphatic rings. The highest BCUT2D eigenvalue weighted by atomic mass is 16.5. The van der Waals surface area contributed by atoms with E-state index in [1.807, 2.05) is 6.07 Å². The molecule has 0 saturated heterocycles. The first-order valence-corrected chi connectivity index (χ1v) is 5.69. The molecule has 0 spiro atoms. The monoisotopic (exact) mass is 230 g/mol. The highest BCUT2D eigenvalue weighted by Gasteiger charge is 2.50. The van der Waals surface area contributed by atoms with Gasteiger partial charge in [-0.2, -0.15) is 4.98 Å². The maximum Gasteiger partial charge on any atom is 0.230 e. The quantitative estimate of drug-likeness (QED) is 0.861. The van der Waals surface area contributed by atoms with E-state index in [2.05, 4.69) is 24.0 Å². The van der Waals surface area contributed by atoms with Crippen molar-refractivity contribution in [3.63, 3.8) is 0 Å². The van der Waals surface area contributed by atoms with Gasteiger partial charge in [-0.25, -0.2) is 0 Å². The Labute approximate surface area is 99.3 Å². The number of aromatic nitrogens is 2. The summed E-state index contributed by atoms with van der Waals surface area (Å²) in [5.74, 6) is 1.83. The van der Waals surface area contributed by atoms with Crippen LogP contribution in [0, 0.1) is 5.41 Å². The molecule has 1 aliphatic carbocycles. The van der Waals surface area contributed by atoms with Crippen molar-refractivity contribution < 1.29 is 9.63 Å². The molecule has 0 amide bonds. The second kappa shape index (κ2) is 3.32. The van der Waals surface area contributed by atoms with Crippen molar-refractivity contribution in [3.8, 4) is 17.1 Å². The van der Waals surface area contributed by atoms with Gasteiger partial charge in [-0.15, -0.1) is 0 Å². The average molecular weight is 230 g/mol. The van der Waals surface area contributed by atoms with E-state index in [1.54, 1.807) is 18.2 Å². The standard InChI is InChI=1S/C13H14N2O2/c1-13(2)7-10(13)12-14-11(15-17-12)8-4-3-5-9(16)6-8/h3-6,10,16H,7H2,1-2H3. The molecule has 1 N–H and O–H groups in total. The van der Waals surface area contributed by atoms with Gasteiger partial charge in [0.25, 0.3) is 0 Å². The SMILES string of the molecule is CC1(C)CC1c1nc(-c2cccc(O)c2)no1. The summed E-state index contributed by atoms with van der Waals surface area (Å²) in [4.78, 5) is 4.39. The van der Waals surface area contributed by atoms with Crippen LogP contribution in [0.15, 0.2) is 28.8 Å². The van der Waals surface area contributed by atoms with Crippen molar-refractivity contribution in [3.05, 3.63) is 30.2 Å². The summed E-state index contributed by atoms with van der Waals surface area (Å²) in [6.07, 6.45) is 1.09. The number of rotatable bonds is 2. The van der Waals surface area contributed by atoms with Gasteiger partial charge < -0.3 is 9.63 Å². The Hall–Kier alpha value is -1.84. The average Bonchev–Trinajstić information content (AvgIpc) is 2.76. The molecule has 1 atom stereocenters. The van der Waals surface area contributed by atoms with Crippen molar-refractivity contribution in [2.45, 2.75) is 26.2 Å². The van der Waals surface area contributed by atoms with Gasteiger partial charge in [0.05, 0.1) is 0 Å². The van der Waals surface area contributed by atoms with E-state index in [1.165, 1.54) is 0 Å². The maximum atomic E-state index is 9.40. The lowest BCUT2D eigenvalue weighted by Gasteiger charge is -1.96. The van der Waals surface area contributed by atoms with E-state index in [0.717, 1.165) is 12.0 Å². The van der Waals surface area contributed by atoms with Crippen LogP contribution in [0.2, 0.25) is 0 Å². The minimum absolute atomic E-state index is 0.209. The summed E-state index contributed by atoms with van der Waals surface area (Å²) in [5, 5.41) is 13.4. The normalized spacial score (nSPS) is 21.4. The fourth-order valence-electron chi connectivity index (χ4n) is 2.03. The Morgan fingerprint density at radius 1 is 1.41 bits per heavy atom. The van der Waals surface area contributed by atoms with Crippen molar-refractivity contribution in [2.24, 2.45) is 5.41 Å². The lowest BCUT2D eigenvalue weighted by Crippen LogP contribution is -1.89. The van der Waals surface area contributed by atoms with Crippen molar-refractivity contribution in [2.75, 3.05) is 0 Å². The van der Waals surface area contributed by atoms with Crippen LogP contribution < -0.4 is 0 Å². The number of aromatic hydroxyl groups is 1. The van der Waals surface area contributed by atoms with Crippen LogP contribution in [0.1, 0.15) is 32.1 Å². The second-order valence-electron chi connectivity index (χ2n) is 5.25. The number of hydrogen-bond donors (Lipinski definition) is 1. The van der Waals surface area contributed by atoms with E-state index in [4.69, 9.17) is 4.52 Å². The summed E-state index contributed by atoms with van der Waals surface area (Å²) in [7, 11) is 0. The second-order valence-corrected chi connectivity index (χ2v) is 5.25. The Morgan fingerprint density at radius 2 is 2.18 bits per heavy atom. The first-order chi connectivity index (χ1) is 8.06. The highest BCUT2D eigenvalue weighted by Crippen LogP contribution is 2.58. The molecule has 0 bridgehead atoms. The third kappa shape index (κ3) is 1.79. The number of nitrogens with zero attached hydrogens (tertiary/aromatic N) is 2.